The van der Waals surface area contributed by atoms with E-state index in [1.807, 2.05) is 0 Å². The first-order chi connectivity index (χ1) is 11.0. The maximum absolute atomic E-state index is 13.5. The molecule has 10 heteroatoms. The Morgan fingerprint density at radius 1 is 1.12 bits per heavy atom. The van der Waals surface area contributed by atoms with Crippen LogP contribution < -0.4 is 10.2 Å². The first-order valence-electron chi connectivity index (χ1n) is 7.09. The highest BCUT2D eigenvalue weighted by Crippen LogP contribution is 2.48. The molecular formula is C14H13F6N3O. The van der Waals surface area contributed by atoms with Crippen molar-refractivity contribution in [1.82, 2.24) is 10.2 Å². The number of fused-ring (bicyclic) bond motifs is 3. The molecule has 0 aromatic heterocycles. The van der Waals surface area contributed by atoms with Crippen molar-refractivity contribution < 1.29 is 31.1 Å². The summed E-state index contributed by atoms with van der Waals surface area (Å²) < 4.78 is 79.8. The minimum atomic E-state index is -5.23. The molecule has 2 aliphatic heterocycles. The minimum Gasteiger partial charge on any atom is -0.348 e. The number of hydrogen-bond acceptors (Lipinski definition) is 3. The lowest BCUT2D eigenvalue weighted by Crippen LogP contribution is -2.63. The summed E-state index contributed by atoms with van der Waals surface area (Å²) in [4.78, 5) is 14.8. The van der Waals surface area contributed by atoms with Crippen LogP contribution >= 0.6 is 0 Å². The zero-order valence-electron chi connectivity index (χ0n) is 12.4. The van der Waals surface area contributed by atoms with Crippen LogP contribution in [0.5, 0.6) is 0 Å². The van der Waals surface area contributed by atoms with Gasteiger partial charge in [-0.1, -0.05) is 0 Å². The van der Waals surface area contributed by atoms with Crippen LogP contribution in [0.4, 0.5) is 32.0 Å². The van der Waals surface area contributed by atoms with Gasteiger partial charge >= 0.3 is 12.4 Å². The number of rotatable bonds is 0. The van der Waals surface area contributed by atoms with E-state index in [2.05, 4.69) is 5.32 Å². The molecule has 1 saturated heterocycles. The van der Waals surface area contributed by atoms with Crippen molar-refractivity contribution in [2.24, 2.45) is 0 Å². The molecule has 1 aromatic carbocycles. The third-order valence-corrected chi connectivity index (χ3v) is 4.27. The van der Waals surface area contributed by atoms with E-state index < -0.39 is 41.2 Å². The molecule has 0 saturated carbocycles. The molecule has 2 aliphatic rings. The van der Waals surface area contributed by atoms with Crippen LogP contribution in [0.15, 0.2) is 12.1 Å². The summed E-state index contributed by atoms with van der Waals surface area (Å²) in [6, 6.07) is 1.15. The Morgan fingerprint density at radius 2 is 1.79 bits per heavy atom. The maximum Gasteiger partial charge on any atom is 0.419 e. The predicted molar refractivity (Wildman–Crippen MR) is 72.5 cm³/mol. The molecule has 1 N–H and O–H groups in total. The van der Waals surface area contributed by atoms with Gasteiger partial charge in [-0.15, -0.1) is 0 Å². The van der Waals surface area contributed by atoms with Crippen LogP contribution in [0.1, 0.15) is 21.5 Å². The Labute approximate surface area is 133 Å². The highest BCUT2D eigenvalue weighted by Gasteiger charge is 2.50. The van der Waals surface area contributed by atoms with Crippen LogP contribution in [-0.2, 0) is 12.4 Å². The van der Waals surface area contributed by atoms with Crippen molar-refractivity contribution in [3.8, 4) is 0 Å². The molecule has 24 heavy (non-hydrogen) atoms. The molecule has 3 rings (SSSR count). The van der Waals surface area contributed by atoms with E-state index in [4.69, 9.17) is 0 Å². The lowest BCUT2D eigenvalue weighted by molar-refractivity contribution is -0.161. The van der Waals surface area contributed by atoms with Crippen LogP contribution in [0, 0.1) is 0 Å². The number of anilines is 1. The van der Waals surface area contributed by atoms with Gasteiger partial charge in [-0.3, -0.25) is 4.79 Å². The monoisotopic (exact) mass is 353 g/mol. The normalized spacial score (nSPS) is 21.6. The Hall–Kier alpha value is -1.97. The number of carbonyl (C=O) groups excluding carboxylic acids is 1. The number of carbonyl (C=O) groups is 1. The fraction of sp³-hybridized carbons (Fsp3) is 0.500. The summed E-state index contributed by atoms with van der Waals surface area (Å²) in [5, 5.41) is 2.93. The summed E-state index contributed by atoms with van der Waals surface area (Å²) >= 11 is 0. The zero-order valence-corrected chi connectivity index (χ0v) is 12.4. The highest BCUT2D eigenvalue weighted by atomic mass is 19.4. The number of hydrogen-bond donors (Lipinski definition) is 1. The maximum atomic E-state index is 13.5. The second kappa shape index (κ2) is 5.27. The highest BCUT2D eigenvalue weighted by molar-refractivity contribution is 6.03. The van der Waals surface area contributed by atoms with Crippen molar-refractivity contribution >= 4 is 11.6 Å². The quantitative estimate of drug-likeness (QED) is 0.728. The number of nitrogens with zero attached hydrogens (tertiary/aromatic N) is 2. The third-order valence-electron chi connectivity index (χ3n) is 4.27. The Morgan fingerprint density at radius 3 is 2.38 bits per heavy atom. The van der Waals surface area contributed by atoms with Crippen LogP contribution in [-0.4, -0.2) is 43.7 Å². The number of amides is 1. The van der Waals surface area contributed by atoms with E-state index in [0.29, 0.717) is 12.6 Å². The molecule has 1 aromatic rings. The summed E-state index contributed by atoms with van der Waals surface area (Å²) in [6.45, 7) is 0.556. The fourth-order valence-corrected chi connectivity index (χ4v) is 3.21. The van der Waals surface area contributed by atoms with Gasteiger partial charge in [0.1, 0.15) is 6.17 Å². The fourth-order valence-electron chi connectivity index (χ4n) is 3.21. The average Bonchev–Trinajstić information content (AvgIpc) is 2.49. The van der Waals surface area contributed by atoms with Gasteiger partial charge in [-0.25, -0.2) is 0 Å². The summed E-state index contributed by atoms with van der Waals surface area (Å²) in [7, 11) is 1.42. The standard InChI is InChI=1S/C14H13F6N3O/c1-22-9-6-21-4-5-23(9)11-7(12(22)24)2-3-8(13(15,16)17)10(11)14(18,19)20/h2-3,9,21H,4-6H2,1H3. The lowest BCUT2D eigenvalue weighted by Gasteiger charge is -2.47. The second-order valence-electron chi connectivity index (χ2n) is 5.67. The molecule has 1 unspecified atom stereocenters. The van der Waals surface area contributed by atoms with Crippen molar-refractivity contribution in [3.05, 3.63) is 28.8 Å². The van der Waals surface area contributed by atoms with Gasteiger partial charge in [0.2, 0.25) is 0 Å². The van der Waals surface area contributed by atoms with Crippen LogP contribution in [0.2, 0.25) is 0 Å². The van der Waals surface area contributed by atoms with E-state index in [-0.39, 0.29) is 18.7 Å². The first-order valence-corrected chi connectivity index (χ1v) is 7.09. The molecule has 1 amide bonds. The third kappa shape index (κ3) is 2.48. The molecular weight excluding hydrogens is 340 g/mol. The SMILES string of the molecule is CN1C(=O)c2ccc(C(F)(F)F)c(C(F)(F)F)c2N2CCNCC12. The number of halogens is 6. The zero-order chi connectivity index (χ0) is 17.9. The van der Waals surface area contributed by atoms with E-state index in [1.54, 1.807) is 0 Å². The minimum absolute atomic E-state index is 0.0691. The van der Waals surface area contributed by atoms with Crippen LogP contribution in [0.3, 0.4) is 0 Å². The lowest BCUT2D eigenvalue weighted by atomic mass is 9.94. The Balaban J connectivity index is 2.33. The van der Waals surface area contributed by atoms with Crippen molar-refractivity contribution in [2.75, 3.05) is 31.6 Å². The number of likely N-dealkylation sites (N-methyl/N-ethyl adjacent to an activating group) is 1. The molecule has 1 fully saturated rings. The van der Waals surface area contributed by atoms with Gasteiger partial charge in [-0.2, -0.15) is 26.3 Å². The Kier molecular flexibility index (Phi) is 3.70. The molecule has 2 heterocycles. The van der Waals surface area contributed by atoms with Crippen molar-refractivity contribution in [3.63, 3.8) is 0 Å². The molecule has 0 spiro atoms. The summed E-state index contributed by atoms with van der Waals surface area (Å²) in [5.41, 5.74) is -4.60. The summed E-state index contributed by atoms with van der Waals surface area (Å²) in [6.07, 6.45) is -11.2. The van der Waals surface area contributed by atoms with E-state index in [0.717, 1.165) is 6.07 Å². The van der Waals surface area contributed by atoms with Gasteiger partial charge in [0.25, 0.3) is 5.91 Å². The van der Waals surface area contributed by atoms with Gasteiger partial charge in [0, 0.05) is 26.7 Å². The Bertz CT molecular complexity index is 684. The number of alkyl halides is 6. The summed E-state index contributed by atoms with van der Waals surface area (Å²) in [5.74, 6) is -0.728. The topological polar surface area (TPSA) is 35.6 Å². The largest absolute Gasteiger partial charge is 0.419 e. The van der Waals surface area contributed by atoms with Crippen LogP contribution in [0.25, 0.3) is 0 Å². The molecule has 1 atom stereocenters. The van der Waals surface area contributed by atoms with E-state index in [9.17, 15) is 31.1 Å². The van der Waals surface area contributed by atoms with E-state index in [1.165, 1.54) is 16.8 Å². The smallest absolute Gasteiger partial charge is 0.348 e. The molecule has 132 valence electrons. The molecule has 0 aliphatic carbocycles. The van der Waals surface area contributed by atoms with Crippen molar-refractivity contribution in [1.29, 1.82) is 0 Å². The van der Waals surface area contributed by atoms with Gasteiger partial charge < -0.3 is 15.1 Å². The molecule has 4 nitrogen and oxygen atoms in total. The first kappa shape index (κ1) is 16.9. The van der Waals surface area contributed by atoms with Gasteiger partial charge in [0.15, 0.2) is 0 Å². The number of benzene rings is 1. The average molecular weight is 353 g/mol. The van der Waals surface area contributed by atoms with Gasteiger partial charge in [0.05, 0.1) is 22.4 Å². The number of piperazine rings is 1. The van der Waals surface area contributed by atoms with Crippen molar-refractivity contribution in [2.45, 2.75) is 18.5 Å². The predicted octanol–water partition coefficient (Wildman–Crippen LogP) is 2.55. The molecule has 0 bridgehead atoms. The second-order valence-corrected chi connectivity index (χ2v) is 5.67. The number of nitrogens with one attached hydrogen (secondary N) is 1. The molecule has 0 radical (unpaired) electrons. The van der Waals surface area contributed by atoms with E-state index >= 15 is 0 Å². The van der Waals surface area contributed by atoms with Gasteiger partial charge in [-0.05, 0) is 12.1 Å².